The third-order valence-electron chi connectivity index (χ3n) is 3.32. The van der Waals surface area contributed by atoms with E-state index in [4.69, 9.17) is 4.98 Å². The molecule has 3 heteroatoms. The van der Waals surface area contributed by atoms with Gasteiger partial charge in [0.05, 0.1) is 5.52 Å². The van der Waals surface area contributed by atoms with Gasteiger partial charge in [0, 0.05) is 27.8 Å². The van der Waals surface area contributed by atoms with Crippen molar-refractivity contribution < 1.29 is 0 Å². The summed E-state index contributed by atoms with van der Waals surface area (Å²) in [6.07, 6.45) is 0.964. The van der Waals surface area contributed by atoms with Crippen LogP contribution in [0.25, 0.3) is 10.9 Å². The van der Waals surface area contributed by atoms with E-state index in [0.29, 0.717) is 0 Å². The van der Waals surface area contributed by atoms with Crippen molar-refractivity contribution in [2.75, 3.05) is 11.9 Å². The Morgan fingerprint density at radius 2 is 1.94 bits per heavy atom. The molecule has 0 bridgehead atoms. The molecule has 0 atom stereocenters. The molecule has 1 aromatic heterocycles. The van der Waals surface area contributed by atoms with E-state index in [9.17, 15) is 0 Å². The molecule has 0 radical (unpaired) electrons. The maximum atomic E-state index is 4.83. The van der Waals surface area contributed by atoms with E-state index >= 15 is 0 Å². The molecule has 0 fully saturated rings. The van der Waals surface area contributed by atoms with Crippen molar-refractivity contribution in [2.24, 2.45) is 0 Å². The molecule has 0 aliphatic carbocycles. The van der Waals surface area contributed by atoms with Crippen molar-refractivity contribution in [1.29, 1.82) is 0 Å². The van der Waals surface area contributed by atoms with Gasteiger partial charge in [-0.15, -0.1) is 0 Å². The highest BCUT2D eigenvalue weighted by atomic mass is 79.9. The lowest BCUT2D eigenvalue weighted by Gasteiger charge is -2.16. The summed E-state index contributed by atoms with van der Waals surface area (Å²) in [4.78, 5) is 4.83. The van der Waals surface area contributed by atoms with Crippen LogP contribution in [0.4, 0.5) is 5.69 Å². The second-order valence-electron chi connectivity index (χ2n) is 4.53. The van der Waals surface area contributed by atoms with E-state index in [1.807, 2.05) is 0 Å². The van der Waals surface area contributed by atoms with Gasteiger partial charge in [0.2, 0.25) is 0 Å². The maximum Gasteiger partial charge on any atom is 0.0766 e. The van der Waals surface area contributed by atoms with Gasteiger partial charge in [-0.25, -0.2) is 0 Å². The Hall–Kier alpha value is -1.09. The number of halogens is 1. The van der Waals surface area contributed by atoms with Crippen molar-refractivity contribution in [1.82, 2.24) is 4.98 Å². The van der Waals surface area contributed by atoms with E-state index in [1.165, 1.54) is 27.9 Å². The smallest absolute Gasteiger partial charge is 0.0766 e. The molecule has 2 nitrogen and oxygen atoms in total. The van der Waals surface area contributed by atoms with Crippen molar-refractivity contribution in [3.05, 3.63) is 33.4 Å². The number of pyridine rings is 1. The molecule has 1 aromatic carbocycles. The molecule has 96 valence electrons. The third-order valence-corrected chi connectivity index (χ3v) is 3.98. The Morgan fingerprint density at radius 1 is 1.22 bits per heavy atom. The summed E-state index contributed by atoms with van der Waals surface area (Å²) in [5.41, 5.74) is 5.98. The second kappa shape index (κ2) is 5.27. The summed E-state index contributed by atoms with van der Waals surface area (Å²) in [5, 5.41) is 4.69. The molecule has 2 aromatic rings. The lowest BCUT2D eigenvalue weighted by atomic mass is 10.0. The van der Waals surface area contributed by atoms with Gasteiger partial charge in [-0.1, -0.05) is 28.9 Å². The predicted octanol–water partition coefficient (Wildman–Crippen LogP) is 4.61. The van der Waals surface area contributed by atoms with Crippen LogP contribution in [0.1, 0.15) is 30.7 Å². The van der Waals surface area contributed by atoms with Gasteiger partial charge in [-0.2, -0.15) is 0 Å². The zero-order valence-electron chi connectivity index (χ0n) is 11.4. The molecular formula is C15H19BrN2. The van der Waals surface area contributed by atoms with Crippen LogP contribution in [0, 0.1) is 13.8 Å². The molecule has 0 aliphatic rings. The summed E-state index contributed by atoms with van der Waals surface area (Å²) in [6, 6.07) is 4.22. The number of hydrogen-bond donors (Lipinski definition) is 1. The minimum absolute atomic E-state index is 0.920. The van der Waals surface area contributed by atoms with Crippen LogP contribution in [-0.2, 0) is 6.42 Å². The summed E-state index contributed by atoms with van der Waals surface area (Å²) < 4.78 is 1.11. The quantitative estimate of drug-likeness (QED) is 0.896. The first-order valence-corrected chi connectivity index (χ1v) is 7.21. The summed E-state index contributed by atoms with van der Waals surface area (Å²) >= 11 is 3.65. The van der Waals surface area contributed by atoms with Crippen molar-refractivity contribution in [2.45, 2.75) is 34.1 Å². The molecule has 0 saturated heterocycles. The Labute approximate surface area is 117 Å². The Kier molecular flexibility index (Phi) is 3.91. The van der Waals surface area contributed by atoms with Gasteiger partial charge < -0.3 is 5.32 Å². The SMILES string of the molecule is CCNc1c(C)c(CC)nc2c(C)ccc(Br)c12. The Morgan fingerprint density at radius 3 is 2.56 bits per heavy atom. The van der Waals surface area contributed by atoms with E-state index in [0.717, 1.165) is 23.0 Å². The topological polar surface area (TPSA) is 24.9 Å². The zero-order chi connectivity index (χ0) is 13.3. The molecule has 0 unspecified atom stereocenters. The highest BCUT2D eigenvalue weighted by molar-refractivity contribution is 9.10. The van der Waals surface area contributed by atoms with E-state index < -0.39 is 0 Å². The van der Waals surface area contributed by atoms with Gasteiger partial charge in [-0.05, 0) is 44.4 Å². The highest BCUT2D eigenvalue weighted by Gasteiger charge is 2.14. The molecule has 1 heterocycles. The number of fused-ring (bicyclic) bond motifs is 1. The first-order valence-electron chi connectivity index (χ1n) is 6.42. The van der Waals surface area contributed by atoms with Crippen molar-refractivity contribution in [3.8, 4) is 0 Å². The summed E-state index contributed by atoms with van der Waals surface area (Å²) in [7, 11) is 0. The number of aromatic nitrogens is 1. The number of rotatable bonds is 3. The van der Waals surface area contributed by atoms with Crippen LogP contribution < -0.4 is 5.32 Å². The fourth-order valence-electron chi connectivity index (χ4n) is 2.35. The first-order chi connectivity index (χ1) is 8.60. The standard InChI is InChI=1S/C15H19BrN2/c1-5-12-10(4)15(17-6-2)13-11(16)8-7-9(3)14(13)18-12/h7-8H,5-6H2,1-4H3,(H,17,18). The molecular weight excluding hydrogens is 288 g/mol. The molecule has 2 rings (SSSR count). The number of hydrogen-bond acceptors (Lipinski definition) is 2. The summed E-state index contributed by atoms with van der Waals surface area (Å²) in [6.45, 7) is 9.47. The Balaban J connectivity index is 2.90. The van der Waals surface area contributed by atoms with E-state index in [1.54, 1.807) is 0 Å². The van der Waals surface area contributed by atoms with Crippen LogP contribution in [0.2, 0.25) is 0 Å². The molecule has 0 aliphatic heterocycles. The van der Waals surface area contributed by atoms with E-state index in [-0.39, 0.29) is 0 Å². The molecule has 0 amide bonds. The van der Waals surface area contributed by atoms with Gasteiger partial charge in [-0.3, -0.25) is 4.98 Å². The fourth-order valence-corrected chi connectivity index (χ4v) is 2.86. The number of anilines is 1. The van der Waals surface area contributed by atoms with Gasteiger partial charge in [0.15, 0.2) is 0 Å². The van der Waals surface area contributed by atoms with Crippen LogP contribution in [0.3, 0.4) is 0 Å². The minimum atomic E-state index is 0.920. The average molecular weight is 307 g/mol. The van der Waals surface area contributed by atoms with E-state index in [2.05, 4.69) is 61.1 Å². The number of nitrogens with zero attached hydrogens (tertiary/aromatic N) is 1. The highest BCUT2D eigenvalue weighted by Crippen LogP contribution is 2.35. The lowest BCUT2D eigenvalue weighted by Crippen LogP contribution is -2.05. The van der Waals surface area contributed by atoms with Gasteiger partial charge in [0.1, 0.15) is 0 Å². The first kappa shape index (κ1) is 13.3. The van der Waals surface area contributed by atoms with Crippen molar-refractivity contribution >= 4 is 32.5 Å². The number of benzene rings is 1. The van der Waals surface area contributed by atoms with Crippen LogP contribution >= 0.6 is 15.9 Å². The third kappa shape index (κ3) is 2.12. The number of nitrogens with one attached hydrogen (secondary N) is 1. The largest absolute Gasteiger partial charge is 0.384 e. The average Bonchev–Trinajstić information content (AvgIpc) is 2.36. The van der Waals surface area contributed by atoms with Crippen LogP contribution in [-0.4, -0.2) is 11.5 Å². The molecule has 18 heavy (non-hydrogen) atoms. The maximum absolute atomic E-state index is 4.83. The van der Waals surface area contributed by atoms with Gasteiger partial charge >= 0.3 is 0 Å². The van der Waals surface area contributed by atoms with Gasteiger partial charge in [0.25, 0.3) is 0 Å². The molecule has 0 spiro atoms. The lowest BCUT2D eigenvalue weighted by molar-refractivity contribution is 1.02. The summed E-state index contributed by atoms with van der Waals surface area (Å²) in [5.74, 6) is 0. The monoisotopic (exact) mass is 306 g/mol. The zero-order valence-corrected chi connectivity index (χ0v) is 13.0. The normalized spacial score (nSPS) is 10.9. The predicted molar refractivity (Wildman–Crippen MR) is 82.5 cm³/mol. The van der Waals surface area contributed by atoms with Crippen LogP contribution in [0.5, 0.6) is 0 Å². The molecule has 1 N–H and O–H groups in total. The number of aryl methyl sites for hydroxylation is 2. The van der Waals surface area contributed by atoms with Crippen LogP contribution in [0.15, 0.2) is 16.6 Å². The van der Waals surface area contributed by atoms with Crippen molar-refractivity contribution in [3.63, 3.8) is 0 Å². The molecule has 0 saturated carbocycles. The Bertz CT molecular complexity index is 591. The second-order valence-corrected chi connectivity index (χ2v) is 5.38. The fraction of sp³-hybridized carbons (Fsp3) is 0.400. The minimum Gasteiger partial charge on any atom is -0.384 e.